The molecule has 1 aliphatic rings. The summed E-state index contributed by atoms with van der Waals surface area (Å²) in [5.41, 5.74) is -0.242. The van der Waals surface area contributed by atoms with Crippen LogP contribution in [-0.2, 0) is 4.79 Å². The first-order valence-corrected chi connectivity index (χ1v) is 8.72. The lowest BCUT2D eigenvalue weighted by Gasteiger charge is -2.40. The summed E-state index contributed by atoms with van der Waals surface area (Å²) in [4.78, 5) is 28.8. The van der Waals surface area contributed by atoms with Crippen LogP contribution in [0.5, 0.6) is 5.88 Å². The average molecular weight is 448 g/mol. The van der Waals surface area contributed by atoms with Gasteiger partial charge in [-0.25, -0.2) is 4.98 Å². The number of carbonyl (C=O) groups excluding carboxylic acids is 1. The molecule has 0 bridgehead atoms. The number of aliphatic carboxylic acids is 1. The first-order valence-electron chi connectivity index (χ1n) is 8.72. The Hall–Kier alpha value is -3.31. The molecule has 2 aromatic rings. The summed E-state index contributed by atoms with van der Waals surface area (Å²) in [5.74, 6) is -4.51. The van der Waals surface area contributed by atoms with Crippen LogP contribution >= 0.6 is 0 Å². The summed E-state index contributed by atoms with van der Waals surface area (Å²) in [6, 6.07) is 5.88. The lowest BCUT2D eigenvalue weighted by atomic mass is 9.80. The molecule has 166 valence electrons. The van der Waals surface area contributed by atoms with Crippen molar-refractivity contribution in [3.05, 3.63) is 59.3 Å². The van der Waals surface area contributed by atoms with Crippen molar-refractivity contribution in [1.29, 1.82) is 0 Å². The van der Waals surface area contributed by atoms with Gasteiger partial charge in [-0.3, -0.25) is 9.59 Å². The maximum Gasteiger partial charge on any atom is 0.422 e. The van der Waals surface area contributed by atoms with Gasteiger partial charge in [-0.15, -0.1) is 0 Å². The molecule has 12 heteroatoms. The van der Waals surface area contributed by atoms with E-state index < -0.39 is 55.2 Å². The molecule has 1 N–H and O–H groups in total. The smallest absolute Gasteiger partial charge is 0.422 e. The standard InChI is InChI=1S/C19H14F6N2O4/c20-18(21,22)8-27-15(10-5-6-13(26-7-10)31-9-19(23,24)25)14(17(29)30)11-3-1-2-4-12(11)16(27)28/h1-7,14-15H,8-9H2,(H,29,30). The Bertz CT molecular complexity index is 975. The van der Waals surface area contributed by atoms with Gasteiger partial charge in [-0.2, -0.15) is 26.3 Å². The highest BCUT2D eigenvalue weighted by Gasteiger charge is 2.48. The number of hydrogen-bond donors (Lipinski definition) is 1. The van der Waals surface area contributed by atoms with Gasteiger partial charge < -0.3 is 14.7 Å². The number of alkyl halides is 6. The summed E-state index contributed by atoms with van der Waals surface area (Å²) in [5, 5.41) is 9.76. The molecule has 1 amide bonds. The van der Waals surface area contributed by atoms with Crippen LogP contribution in [0.1, 0.15) is 33.4 Å². The monoisotopic (exact) mass is 448 g/mol. The fourth-order valence-electron chi connectivity index (χ4n) is 3.41. The molecular formula is C19H14F6N2O4. The summed E-state index contributed by atoms with van der Waals surface area (Å²) in [6.45, 7) is -3.35. The highest BCUT2D eigenvalue weighted by atomic mass is 19.4. The minimum absolute atomic E-state index is 0.0285. The van der Waals surface area contributed by atoms with Crippen molar-refractivity contribution in [2.24, 2.45) is 0 Å². The van der Waals surface area contributed by atoms with Crippen molar-refractivity contribution in [1.82, 2.24) is 9.88 Å². The number of aromatic nitrogens is 1. The highest BCUT2D eigenvalue weighted by Crippen LogP contribution is 2.44. The van der Waals surface area contributed by atoms with Gasteiger partial charge in [0.1, 0.15) is 12.5 Å². The number of hydrogen-bond acceptors (Lipinski definition) is 4. The number of fused-ring (bicyclic) bond motifs is 1. The number of carbonyl (C=O) groups is 2. The molecule has 31 heavy (non-hydrogen) atoms. The fourth-order valence-corrected chi connectivity index (χ4v) is 3.41. The molecule has 2 heterocycles. The molecule has 0 aliphatic carbocycles. The summed E-state index contributed by atoms with van der Waals surface area (Å²) < 4.78 is 80.9. The topological polar surface area (TPSA) is 79.7 Å². The Kier molecular flexibility index (Phi) is 5.83. The molecule has 2 unspecified atom stereocenters. The van der Waals surface area contributed by atoms with Crippen molar-refractivity contribution in [2.75, 3.05) is 13.2 Å². The Labute approximate surface area is 171 Å². The van der Waals surface area contributed by atoms with Crippen LogP contribution in [0.2, 0.25) is 0 Å². The number of benzene rings is 1. The second kappa shape index (κ2) is 8.08. The predicted octanol–water partition coefficient (Wildman–Crippen LogP) is 3.95. The van der Waals surface area contributed by atoms with Crippen molar-refractivity contribution in [3.8, 4) is 5.88 Å². The lowest BCUT2D eigenvalue weighted by Crippen LogP contribution is -2.48. The van der Waals surface area contributed by atoms with E-state index in [0.717, 1.165) is 18.3 Å². The third kappa shape index (κ3) is 5.06. The number of nitrogens with zero attached hydrogens (tertiary/aromatic N) is 2. The minimum atomic E-state index is -4.83. The largest absolute Gasteiger partial charge is 0.481 e. The van der Waals surface area contributed by atoms with Gasteiger partial charge >= 0.3 is 18.3 Å². The Balaban J connectivity index is 2.05. The number of ether oxygens (including phenoxy) is 1. The minimum Gasteiger partial charge on any atom is -0.481 e. The fraction of sp³-hybridized carbons (Fsp3) is 0.316. The number of pyridine rings is 1. The SMILES string of the molecule is O=C(O)C1c2ccccc2C(=O)N(CC(F)(F)F)C1c1ccc(OCC(F)(F)F)nc1. The number of rotatable bonds is 5. The second-order valence-corrected chi connectivity index (χ2v) is 6.73. The average Bonchev–Trinajstić information content (AvgIpc) is 2.67. The number of amides is 1. The molecule has 1 aromatic carbocycles. The third-order valence-electron chi connectivity index (χ3n) is 4.54. The van der Waals surface area contributed by atoms with E-state index in [0.29, 0.717) is 4.90 Å². The van der Waals surface area contributed by atoms with Crippen LogP contribution in [0.4, 0.5) is 26.3 Å². The van der Waals surface area contributed by atoms with E-state index in [2.05, 4.69) is 9.72 Å². The van der Waals surface area contributed by atoms with E-state index in [4.69, 9.17) is 0 Å². The molecule has 0 radical (unpaired) electrons. The first kappa shape index (κ1) is 22.4. The molecule has 0 spiro atoms. The van der Waals surface area contributed by atoms with E-state index in [9.17, 15) is 41.0 Å². The van der Waals surface area contributed by atoms with Gasteiger partial charge in [0.25, 0.3) is 5.91 Å². The lowest BCUT2D eigenvalue weighted by molar-refractivity contribution is -0.154. The van der Waals surface area contributed by atoms with Crippen molar-refractivity contribution in [3.63, 3.8) is 0 Å². The molecule has 2 atom stereocenters. The van der Waals surface area contributed by atoms with Crippen molar-refractivity contribution < 1.29 is 45.8 Å². The normalized spacial score (nSPS) is 19.2. The Morgan fingerprint density at radius 1 is 1.06 bits per heavy atom. The molecule has 3 rings (SSSR count). The van der Waals surface area contributed by atoms with E-state index in [1.165, 1.54) is 24.3 Å². The zero-order valence-electron chi connectivity index (χ0n) is 15.4. The molecular weight excluding hydrogens is 434 g/mol. The highest BCUT2D eigenvalue weighted by molar-refractivity contribution is 6.00. The van der Waals surface area contributed by atoms with Crippen molar-refractivity contribution in [2.45, 2.75) is 24.3 Å². The van der Waals surface area contributed by atoms with Crippen molar-refractivity contribution >= 4 is 11.9 Å². The van der Waals surface area contributed by atoms with Crippen LogP contribution in [0.25, 0.3) is 0 Å². The van der Waals surface area contributed by atoms with Gasteiger partial charge in [0.2, 0.25) is 5.88 Å². The quantitative estimate of drug-likeness (QED) is 0.701. The zero-order valence-corrected chi connectivity index (χ0v) is 15.4. The maximum atomic E-state index is 13.2. The van der Waals surface area contributed by atoms with Crippen LogP contribution in [0.3, 0.4) is 0 Å². The van der Waals surface area contributed by atoms with Crippen LogP contribution in [0.15, 0.2) is 42.6 Å². The second-order valence-electron chi connectivity index (χ2n) is 6.73. The van der Waals surface area contributed by atoms with Gasteiger partial charge in [-0.1, -0.05) is 24.3 Å². The first-order chi connectivity index (χ1) is 14.4. The summed E-state index contributed by atoms with van der Waals surface area (Å²) in [6.07, 6.45) is -8.55. The molecule has 6 nitrogen and oxygen atoms in total. The van der Waals surface area contributed by atoms with Gasteiger partial charge in [0, 0.05) is 17.8 Å². The summed E-state index contributed by atoms with van der Waals surface area (Å²) in [7, 11) is 0. The zero-order chi connectivity index (χ0) is 23.0. The predicted molar refractivity (Wildman–Crippen MR) is 92.4 cm³/mol. The molecule has 0 saturated carbocycles. The van der Waals surface area contributed by atoms with E-state index in [1.807, 2.05) is 0 Å². The van der Waals surface area contributed by atoms with Crippen LogP contribution in [0, 0.1) is 0 Å². The molecule has 1 aromatic heterocycles. The number of carboxylic acids is 1. The number of halogens is 6. The Morgan fingerprint density at radius 3 is 2.29 bits per heavy atom. The van der Waals surface area contributed by atoms with Crippen LogP contribution < -0.4 is 4.74 Å². The summed E-state index contributed by atoms with van der Waals surface area (Å²) >= 11 is 0. The van der Waals surface area contributed by atoms with E-state index in [-0.39, 0.29) is 16.7 Å². The molecule has 0 fully saturated rings. The van der Waals surface area contributed by atoms with Gasteiger partial charge in [0.15, 0.2) is 6.61 Å². The third-order valence-corrected chi connectivity index (χ3v) is 4.54. The Morgan fingerprint density at radius 2 is 1.74 bits per heavy atom. The van der Waals surface area contributed by atoms with E-state index >= 15 is 0 Å². The van der Waals surface area contributed by atoms with Gasteiger partial charge in [0.05, 0.1) is 6.04 Å². The maximum absolute atomic E-state index is 13.2. The van der Waals surface area contributed by atoms with Crippen LogP contribution in [-0.4, -0.2) is 52.4 Å². The molecule has 1 aliphatic heterocycles. The van der Waals surface area contributed by atoms with Gasteiger partial charge in [-0.05, 0) is 17.2 Å². The molecule has 0 saturated heterocycles. The number of carboxylic acid groups (broad SMARTS) is 1. The van der Waals surface area contributed by atoms with E-state index in [1.54, 1.807) is 0 Å².